The van der Waals surface area contributed by atoms with Crippen molar-refractivity contribution in [3.63, 3.8) is 0 Å². The molecule has 0 aliphatic carbocycles. The van der Waals surface area contributed by atoms with E-state index in [2.05, 4.69) is 34.6 Å². The Balaban J connectivity index is 0. The summed E-state index contributed by atoms with van der Waals surface area (Å²) in [6, 6.07) is 0. The quantitative estimate of drug-likeness (QED) is 0.462. The Morgan fingerprint density at radius 3 is 1.73 bits per heavy atom. The Morgan fingerprint density at radius 2 is 1.40 bits per heavy atom. The van der Waals surface area contributed by atoms with E-state index in [-0.39, 0.29) is 0 Å². The van der Waals surface area contributed by atoms with Crippen LogP contribution in [0.2, 0.25) is 0 Å². The zero-order valence-corrected chi connectivity index (χ0v) is 12.3. The molecule has 0 bridgehead atoms. The van der Waals surface area contributed by atoms with Crippen LogP contribution in [-0.2, 0) is 0 Å². The predicted octanol–water partition coefficient (Wildman–Crippen LogP) is 5.91. The Hall–Kier alpha value is 0. The summed E-state index contributed by atoms with van der Waals surface area (Å²) in [5, 5.41) is 0. The zero-order valence-electron chi connectivity index (χ0n) is 12.3. The van der Waals surface area contributed by atoms with E-state index in [1.165, 1.54) is 32.1 Å². The molecule has 2 atom stereocenters. The van der Waals surface area contributed by atoms with Gasteiger partial charge in [-0.1, -0.05) is 74.1 Å². The summed E-state index contributed by atoms with van der Waals surface area (Å²) in [4.78, 5) is 0. The lowest BCUT2D eigenvalue weighted by Crippen LogP contribution is -2.17. The van der Waals surface area contributed by atoms with Crippen LogP contribution in [-0.4, -0.2) is 0 Å². The van der Waals surface area contributed by atoms with E-state index in [1.807, 2.05) is 13.8 Å². The van der Waals surface area contributed by atoms with E-state index >= 15 is 0 Å². The van der Waals surface area contributed by atoms with Gasteiger partial charge in [0.2, 0.25) is 0 Å². The van der Waals surface area contributed by atoms with E-state index < -0.39 is 0 Å². The van der Waals surface area contributed by atoms with Gasteiger partial charge in [-0.15, -0.1) is 0 Å². The summed E-state index contributed by atoms with van der Waals surface area (Å²) >= 11 is 0. The predicted molar refractivity (Wildman–Crippen MR) is 73.3 cm³/mol. The first kappa shape index (κ1) is 17.4. The average molecular weight is 214 g/mol. The molecule has 15 heavy (non-hydrogen) atoms. The molecule has 0 fully saturated rings. The third-order valence-corrected chi connectivity index (χ3v) is 3.37. The fourth-order valence-corrected chi connectivity index (χ4v) is 2.21. The molecule has 0 aromatic carbocycles. The topological polar surface area (TPSA) is 0 Å². The van der Waals surface area contributed by atoms with Crippen LogP contribution in [0.4, 0.5) is 0 Å². The number of hydrogen-bond donors (Lipinski definition) is 0. The molecule has 0 amide bonds. The van der Waals surface area contributed by atoms with Crippen LogP contribution in [0.1, 0.15) is 80.6 Å². The Labute approximate surface area is 98.9 Å². The molecule has 0 aromatic heterocycles. The molecule has 0 rings (SSSR count). The largest absolute Gasteiger partial charge is 0.0683 e. The van der Waals surface area contributed by atoms with Crippen LogP contribution in [0.5, 0.6) is 0 Å². The van der Waals surface area contributed by atoms with Gasteiger partial charge in [0.15, 0.2) is 0 Å². The van der Waals surface area contributed by atoms with Gasteiger partial charge in [0.05, 0.1) is 0 Å². The van der Waals surface area contributed by atoms with Crippen molar-refractivity contribution in [1.29, 1.82) is 0 Å². The second-order valence-corrected chi connectivity index (χ2v) is 4.79. The van der Waals surface area contributed by atoms with Crippen molar-refractivity contribution in [3.8, 4) is 0 Å². The molecule has 0 nitrogen and oxygen atoms in total. The summed E-state index contributed by atoms with van der Waals surface area (Å²) < 4.78 is 0. The van der Waals surface area contributed by atoms with Crippen LogP contribution >= 0.6 is 0 Å². The monoisotopic (exact) mass is 214 g/mol. The SMILES string of the molecule is CC.CCCCCC(C(C)C)C(C)CC. The molecular weight excluding hydrogens is 180 g/mol. The second-order valence-electron chi connectivity index (χ2n) is 4.79. The van der Waals surface area contributed by atoms with Crippen molar-refractivity contribution in [3.05, 3.63) is 0 Å². The van der Waals surface area contributed by atoms with Crippen molar-refractivity contribution in [2.45, 2.75) is 80.6 Å². The van der Waals surface area contributed by atoms with Crippen LogP contribution in [0.3, 0.4) is 0 Å². The van der Waals surface area contributed by atoms with E-state index in [0.717, 1.165) is 17.8 Å². The maximum absolute atomic E-state index is 2.41. The third-order valence-electron chi connectivity index (χ3n) is 3.37. The molecule has 0 saturated heterocycles. The Morgan fingerprint density at radius 1 is 0.867 bits per heavy atom. The molecule has 2 unspecified atom stereocenters. The first-order valence-corrected chi connectivity index (χ1v) is 7.13. The third kappa shape index (κ3) is 8.96. The van der Waals surface area contributed by atoms with E-state index in [0.29, 0.717) is 0 Å². The molecule has 94 valence electrons. The highest BCUT2D eigenvalue weighted by Crippen LogP contribution is 2.28. The van der Waals surface area contributed by atoms with Gasteiger partial charge >= 0.3 is 0 Å². The van der Waals surface area contributed by atoms with E-state index in [4.69, 9.17) is 0 Å². The highest BCUT2D eigenvalue weighted by Gasteiger charge is 2.18. The fourth-order valence-electron chi connectivity index (χ4n) is 2.21. The average Bonchev–Trinajstić information content (AvgIpc) is 2.26. The zero-order chi connectivity index (χ0) is 12.3. The minimum Gasteiger partial charge on any atom is -0.0683 e. The van der Waals surface area contributed by atoms with Gasteiger partial charge < -0.3 is 0 Å². The van der Waals surface area contributed by atoms with Gasteiger partial charge in [-0.05, 0) is 24.2 Å². The normalized spacial score (nSPS) is 14.4. The van der Waals surface area contributed by atoms with Crippen molar-refractivity contribution in [1.82, 2.24) is 0 Å². The summed E-state index contributed by atoms with van der Waals surface area (Å²) in [7, 11) is 0. The van der Waals surface area contributed by atoms with Crippen molar-refractivity contribution in [2.75, 3.05) is 0 Å². The summed E-state index contributed by atoms with van der Waals surface area (Å²) in [6.07, 6.45) is 6.99. The Bertz CT molecular complexity index is 105. The second kappa shape index (κ2) is 12.1. The molecule has 0 aliphatic rings. The molecule has 0 radical (unpaired) electrons. The lowest BCUT2D eigenvalue weighted by atomic mass is 9.79. The maximum atomic E-state index is 2.41. The van der Waals surface area contributed by atoms with Crippen LogP contribution in [0, 0.1) is 17.8 Å². The molecular formula is C15H34. The fraction of sp³-hybridized carbons (Fsp3) is 1.00. The number of hydrogen-bond acceptors (Lipinski definition) is 0. The highest BCUT2D eigenvalue weighted by atomic mass is 14.2. The van der Waals surface area contributed by atoms with Crippen molar-refractivity contribution < 1.29 is 0 Å². The van der Waals surface area contributed by atoms with Gasteiger partial charge in [0, 0.05) is 0 Å². The Kier molecular flexibility index (Phi) is 14.0. The van der Waals surface area contributed by atoms with Crippen LogP contribution < -0.4 is 0 Å². The van der Waals surface area contributed by atoms with Gasteiger partial charge in [0.1, 0.15) is 0 Å². The van der Waals surface area contributed by atoms with Crippen molar-refractivity contribution >= 4 is 0 Å². The van der Waals surface area contributed by atoms with Gasteiger partial charge in [-0.3, -0.25) is 0 Å². The summed E-state index contributed by atoms with van der Waals surface area (Å²) in [6.45, 7) is 15.8. The van der Waals surface area contributed by atoms with Crippen molar-refractivity contribution in [2.24, 2.45) is 17.8 Å². The minimum atomic E-state index is 0.867. The summed E-state index contributed by atoms with van der Waals surface area (Å²) in [5.41, 5.74) is 0. The van der Waals surface area contributed by atoms with Gasteiger partial charge in [-0.2, -0.15) is 0 Å². The minimum absolute atomic E-state index is 0.867. The first-order valence-electron chi connectivity index (χ1n) is 7.13. The maximum Gasteiger partial charge on any atom is -0.0365 e. The molecule has 0 N–H and O–H groups in total. The van der Waals surface area contributed by atoms with Crippen LogP contribution in [0.15, 0.2) is 0 Å². The first-order chi connectivity index (χ1) is 7.13. The molecule has 0 heteroatoms. The van der Waals surface area contributed by atoms with E-state index in [9.17, 15) is 0 Å². The molecule has 0 aromatic rings. The standard InChI is InChI=1S/C13H28.C2H6/c1-6-8-9-10-13(11(3)4)12(5)7-2;1-2/h11-13H,6-10H2,1-5H3;1-2H3. The van der Waals surface area contributed by atoms with Gasteiger partial charge in [-0.25, -0.2) is 0 Å². The molecule has 0 aliphatic heterocycles. The smallest absolute Gasteiger partial charge is 0.0365 e. The number of unbranched alkanes of at least 4 members (excludes halogenated alkanes) is 2. The van der Waals surface area contributed by atoms with Crippen LogP contribution in [0.25, 0.3) is 0 Å². The lowest BCUT2D eigenvalue weighted by Gasteiger charge is -2.26. The van der Waals surface area contributed by atoms with E-state index in [1.54, 1.807) is 0 Å². The molecule has 0 heterocycles. The van der Waals surface area contributed by atoms with Gasteiger partial charge in [0.25, 0.3) is 0 Å². The number of rotatable bonds is 7. The highest BCUT2D eigenvalue weighted by molar-refractivity contribution is 4.68. The summed E-state index contributed by atoms with van der Waals surface area (Å²) in [5.74, 6) is 2.74. The lowest BCUT2D eigenvalue weighted by molar-refractivity contribution is 0.241. The molecule has 0 spiro atoms. The molecule has 0 saturated carbocycles.